The first-order valence-corrected chi connectivity index (χ1v) is 8.66. The summed E-state index contributed by atoms with van der Waals surface area (Å²) in [4.78, 5) is 9.13. The zero-order valence-electron chi connectivity index (χ0n) is 15.1. The zero-order valence-corrected chi connectivity index (χ0v) is 15.1. The van der Waals surface area contributed by atoms with Crippen LogP contribution in [0, 0.1) is 11.7 Å². The smallest absolute Gasteiger partial charge is 0.191 e. The predicted molar refractivity (Wildman–Crippen MR) is 97.7 cm³/mol. The molecule has 0 aromatic heterocycles. The highest BCUT2D eigenvalue weighted by atomic mass is 19.1. The fourth-order valence-electron chi connectivity index (χ4n) is 2.86. The van der Waals surface area contributed by atoms with E-state index in [1.807, 2.05) is 6.07 Å². The van der Waals surface area contributed by atoms with Gasteiger partial charge in [-0.3, -0.25) is 4.99 Å². The second kappa shape index (κ2) is 9.59. The van der Waals surface area contributed by atoms with E-state index in [2.05, 4.69) is 39.4 Å². The number of hydrogen-bond donors (Lipinski definition) is 2. The lowest BCUT2D eigenvalue weighted by Crippen LogP contribution is -2.47. The molecule has 6 heteroatoms. The molecule has 1 aliphatic heterocycles. The van der Waals surface area contributed by atoms with Crippen LogP contribution in [0.2, 0.25) is 0 Å². The number of piperazine rings is 1. The number of benzene rings is 1. The molecule has 134 valence electrons. The number of aliphatic imine (C=N–C) groups is 1. The average molecular weight is 335 g/mol. The monoisotopic (exact) mass is 335 g/mol. The van der Waals surface area contributed by atoms with E-state index in [4.69, 9.17) is 0 Å². The zero-order chi connectivity index (χ0) is 17.4. The Morgan fingerprint density at radius 3 is 2.67 bits per heavy atom. The van der Waals surface area contributed by atoms with Gasteiger partial charge in [-0.25, -0.2) is 4.39 Å². The Balaban J connectivity index is 1.69. The molecule has 1 aromatic rings. The van der Waals surface area contributed by atoms with Crippen LogP contribution in [-0.4, -0.2) is 69.1 Å². The van der Waals surface area contributed by atoms with Crippen molar-refractivity contribution in [1.82, 2.24) is 20.4 Å². The molecule has 1 fully saturated rings. The fourth-order valence-corrected chi connectivity index (χ4v) is 2.86. The van der Waals surface area contributed by atoms with Gasteiger partial charge in [-0.15, -0.1) is 0 Å². The SMILES string of the molecule is CN=C(NCc1cccc(F)c1)NCC(C)CN1CCN(C)CC1. The Labute approximate surface area is 144 Å². The number of guanidine groups is 1. The van der Waals surface area contributed by atoms with E-state index in [0.717, 1.165) is 50.8 Å². The van der Waals surface area contributed by atoms with E-state index < -0.39 is 0 Å². The van der Waals surface area contributed by atoms with Crippen LogP contribution in [0.15, 0.2) is 29.3 Å². The Kier molecular flexibility index (Phi) is 7.46. The maximum absolute atomic E-state index is 13.2. The molecule has 24 heavy (non-hydrogen) atoms. The molecule has 0 aliphatic carbocycles. The van der Waals surface area contributed by atoms with Crippen LogP contribution >= 0.6 is 0 Å². The molecule has 1 aliphatic rings. The summed E-state index contributed by atoms with van der Waals surface area (Å²) in [6.07, 6.45) is 0. The van der Waals surface area contributed by atoms with Gasteiger partial charge < -0.3 is 20.4 Å². The first-order valence-electron chi connectivity index (χ1n) is 8.66. The minimum atomic E-state index is -0.210. The molecule has 2 N–H and O–H groups in total. The highest BCUT2D eigenvalue weighted by Gasteiger charge is 2.16. The van der Waals surface area contributed by atoms with Gasteiger partial charge >= 0.3 is 0 Å². The van der Waals surface area contributed by atoms with Crippen molar-refractivity contribution in [3.63, 3.8) is 0 Å². The summed E-state index contributed by atoms with van der Waals surface area (Å²) < 4.78 is 13.2. The summed E-state index contributed by atoms with van der Waals surface area (Å²) in [5.74, 6) is 1.09. The molecule has 0 radical (unpaired) electrons. The van der Waals surface area contributed by atoms with Gasteiger partial charge in [-0.1, -0.05) is 19.1 Å². The maximum Gasteiger partial charge on any atom is 0.191 e. The van der Waals surface area contributed by atoms with Crippen molar-refractivity contribution < 1.29 is 4.39 Å². The highest BCUT2D eigenvalue weighted by Crippen LogP contribution is 2.04. The molecule has 1 atom stereocenters. The van der Waals surface area contributed by atoms with E-state index in [1.165, 1.54) is 12.1 Å². The summed E-state index contributed by atoms with van der Waals surface area (Å²) in [6.45, 7) is 9.38. The van der Waals surface area contributed by atoms with Crippen LogP contribution in [0.4, 0.5) is 4.39 Å². The topological polar surface area (TPSA) is 42.9 Å². The Hall–Kier alpha value is -1.66. The summed E-state index contributed by atoms with van der Waals surface area (Å²) in [6, 6.07) is 6.62. The molecule has 1 aromatic carbocycles. The van der Waals surface area contributed by atoms with Crippen molar-refractivity contribution in [2.24, 2.45) is 10.9 Å². The Morgan fingerprint density at radius 1 is 1.25 bits per heavy atom. The van der Waals surface area contributed by atoms with Crippen molar-refractivity contribution in [3.8, 4) is 0 Å². The van der Waals surface area contributed by atoms with E-state index in [-0.39, 0.29) is 5.82 Å². The largest absolute Gasteiger partial charge is 0.356 e. The molecule has 0 bridgehead atoms. The standard InChI is InChI=1S/C18H30FN5/c1-15(14-24-9-7-23(3)8-10-24)12-21-18(20-2)22-13-16-5-4-6-17(19)11-16/h4-6,11,15H,7-10,12-14H2,1-3H3,(H2,20,21,22). The summed E-state index contributed by atoms with van der Waals surface area (Å²) in [5.41, 5.74) is 0.906. The summed E-state index contributed by atoms with van der Waals surface area (Å²) in [7, 11) is 3.93. The lowest BCUT2D eigenvalue weighted by molar-refractivity contribution is 0.139. The molecule has 0 spiro atoms. The van der Waals surface area contributed by atoms with E-state index in [9.17, 15) is 4.39 Å². The van der Waals surface area contributed by atoms with Gasteiger partial charge in [0.2, 0.25) is 0 Å². The minimum Gasteiger partial charge on any atom is -0.356 e. The van der Waals surface area contributed by atoms with Crippen LogP contribution < -0.4 is 10.6 Å². The van der Waals surface area contributed by atoms with Gasteiger partial charge in [0, 0.05) is 52.9 Å². The number of nitrogens with one attached hydrogen (secondary N) is 2. The van der Waals surface area contributed by atoms with Gasteiger partial charge in [0.15, 0.2) is 5.96 Å². The van der Waals surface area contributed by atoms with Crippen LogP contribution in [0.3, 0.4) is 0 Å². The lowest BCUT2D eigenvalue weighted by atomic mass is 10.1. The quantitative estimate of drug-likeness (QED) is 0.609. The van der Waals surface area contributed by atoms with Crippen molar-refractivity contribution in [2.45, 2.75) is 13.5 Å². The number of halogens is 1. The molecule has 1 saturated heterocycles. The number of hydrogen-bond acceptors (Lipinski definition) is 3. The molecule has 0 saturated carbocycles. The highest BCUT2D eigenvalue weighted by molar-refractivity contribution is 5.79. The third-order valence-corrected chi connectivity index (χ3v) is 4.36. The molecular weight excluding hydrogens is 305 g/mol. The number of nitrogens with zero attached hydrogens (tertiary/aromatic N) is 3. The summed E-state index contributed by atoms with van der Waals surface area (Å²) >= 11 is 0. The number of likely N-dealkylation sites (N-methyl/N-ethyl adjacent to an activating group) is 1. The Bertz CT molecular complexity index is 526. The van der Waals surface area contributed by atoms with Crippen LogP contribution in [0.1, 0.15) is 12.5 Å². The second-order valence-corrected chi connectivity index (χ2v) is 6.65. The number of rotatable bonds is 6. The second-order valence-electron chi connectivity index (χ2n) is 6.65. The maximum atomic E-state index is 13.2. The average Bonchev–Trinajstić information content (AvgIpc) is 2.57. The van der Waals surface area contributed by atoms with Crippen molar-refractivity contribution >= 4 is 5.96 Å². The third kappa shape index (κ3) is 6.45. The third-order valence-electron chi connectivity index (χ3n) is 4.36. The van der Waals surface area contributed by atoms with Crippen molar-refractivity contribution in [3.05, 3.63) is 35.6 Å². The first-order chi connectivity index (χ1) is 11.6. The van der Waals surface area contributed by atoms with E-state index in [1.54, 1.807) is 13.1 Å². The van der Waals surface area contributed by atoms with Gasteiger partial charge in [0.1, 0.15) is 5.82 Å². The van der Waals surface area contributed by atoms with Gasteiger partial charge in [-0.2, -0.15) is 0 Å². The summed E-state index contributed by atoms with van der Waals surface area (Å²) in [5, 5.41) is 6.59. The fraction of sp³-hybridized carbons (Fsp3) is 0.611. The van der Waals surface area contributed by atoms with Crippen LogP contribution in [0.25, 0.3) is 0 Å². The van der Waals surface area contributed by atoms with Gasteiger partial charge in [0.05, 0.1) is 0 Å². The predicted octanol–water partition coefficient (Wildman–Crippen LogP) is 1.37. The van der Waals surface area contributed by atoms with E-state index in [0.29, 0.717) is 12.5 Å². The van der Waals surface area contributed by atoms with Crippen molar-refractivity contribution in [1.29, 1.82) is 0 Å². The van der Waals surface area contributed by atoms with Crippen LogP contribution in [0.5, 0.6) is 0 Å². The van der Waals surface area contributed by atoms with Crippen LogP contribution in [-0.2, 0) is 6.54 Å². The first kappa shape index (κ1) is 18.7. The minimum absolute atomic E-state index is 0.210. The van der Waals surface area contributed by atoms with Gasteiger partial charge in [0.25, 0.3) is 0 Å². The molecule has 2 rings (SSSR count). The normalized spacial score (nSPS) is 18.4. The molecule has 0 amide bonds. The molecule has 1 heterocycles. The Morgan fingerprint density at radius 2 is 2.00 bits per heavy atom. The lowest BCUT2D eigenvalue weighted by Gasteiger charge is -2.34. The van der Waals surface area contributed by atoms with Crippen molar-refractivity contribution in [2.75, 3.05) is 53.4 Å². The van der Waals surface area contributed by atoms with Gasteiger partial charge in [-0.05, 0) is 30.7 Å². The molecule has 5 nitrogen and oxygen atoms in total. The van der Waals surface area contributed by atoms with E-state index >= 15 is 0 Å². The molecular formula is C18H30FN5. The molecule has 1 unspecified atom stereocenters.